The number of phenolic OH excluding ortho intramolecular Hbond substituents is 1. The zero-order valence-corrected chi connectivity index (χ0v) is 12.4. The van der Waals surface area contributed by atoms with Crippen LogP contribution in [0.3, 0.4) is 0 Å². The predicted octanol–water partition coefficient (Wildman–Crippen LogP) is 4.33. The van der Waals surface area contributed by atoms with E-state index in [4.69, 9.17) is 4.74 Å². The van der Waals surface area contributed by atoms with Crippen LogP contribution in [0, 0.1) is 20.8 Å². The summed E-state index contributed by atoms with van der Waals surface area (Å²) in [6.07, 6.45) is 1.73. The van der Waals surface area contributed by atoms with Gasteiger partial charge in [0, 0.05) is 0 Å². The first-order chi connectivity index (χ1) is 9.56. The molecule has 1 N–H and O–H groups in total. The van der Waals surface area contributed by atoms with Crippen LogP contribution >= 0.6 is 0 Å². The highest BCUT2D eigenvalue weighted by Crippen LogP contribution is 2.25. The third kappa shape index (κ3) is 3.77. The Bertz CT molecular complexity index is 571. The Labute approximate surface area is 121 Å². The average Bonchev–Trinajstić information content (AvgIpc) is 2.42. The summed E-state index contributed by atoms with van der Waals surface area (Å²) in [6, 6.07) is 12.1. The largest absolute Gasteiger partial charge is 0.507 e. The zero-order valence-electron chi connectivity index (χ0n) is 12.4. The highest BCUT2D eigenvalue weighted by molar-refractivity contribution is 5.42. The molecule has 0 aliphatic rings. The molecule has 0 aromatic heterocycles. The van der Waals surface area contributed by atoms with Crippen LogP contribution in [-0.2, 0) is 6.42 Å². The van der Waals surface area contributed by atoms with Crippen molar-refractivity contribution >= 4 is 0 Å². The lowest BCUT2D eigenvalue weighted by molar-refractivity contribution is 0.310. The molecule has 0 bridgehead atoms. The van der Waals surface area contributed by atoms with E-state index in [2.05, 4.69) is 13.8 Å². The van der Waals surface area contributed by atoms with E-state index in [-0.39, 0.29) is 0 Å². The number of hydrogen-bond acceptors (Lipinski definition) is 2. The molecular formula is C18H22O2. The zero-order chi connectivity index (χ0) is 14.5. The van der Waals surface area contributed by atoms with Crippen LogP contribution in [0.4, 0.5) is 0 Å². The Balaban J connectivity index is 1.86. The summed E-state index contributed by atoms with van der Waals surface area (Å²) >= 11 is 0. The molecule has 0 aliphatic carbocycles. The highest BCUT2D eigenvalue weighted by atomic mass is 16.5. The molecule has 0 spiro atoms. The van der Waals surface area contributed by atoms with Crippen molar-refractivity contribution < 1.29 is 9.84 Å². The van der Waals surface area contributed by atoms with Crippen molar-refractivity contribution in [1.29, 1.82) is 0 Å². The number of rotatable bonds is 5. The average molecular weight is 270 g/mol. The van der Waals surface area contributed by atoms with E-state index < -0.39 is 0 Å². The second-order valence-corrected chi connectivity index (χ2v) is 5.35. The Kier molecular flexibility index (Phi) is 4.67. The molecule has 0 heterocycles. The number of phenols is 1. The first kappa shape index (κ1) is 14.4. The fourth-order valence-corrected chi connectivity index (χ4v) is 2.33. The van der Waals surface area contributed by atoms with Gasteiger partial charge in [0.05, 0.1) is 6.61 Å². The maximum Gasteiger partial charge on any atom is 0.121 e. The highest BCUT2D eigenvalue weighted by Gasteiger charge is 2.05. The molecule has 0 fully saturated rings. The van der Waals surface area contributed by atoms with Crippen LogP contribution in [0.15, 0.2) is 36.4 Å². The number of aromatic hydroxyl groups is 1. The van der Waals surface area contributed by atoms with Gasteiger partial charge in [-0.15, -0.1) is 0 Å². The predicted molar refractivity (Wildman–Crippen MR) is 82.6 cm³/mol. The molecular weight excluding hydrogens is 248 g/mol. The van der Waals surface area contributed by atoms with E-state index in [9.17, 15) is 5.11 Å². The molecule has 0 radical (unpaired) electrons. The lowest BCUT2D eigenvalue weighted by Crippen LogP contribution is -2.00. The molecule has 2 aromatic rings. The Hall–Kier alpha value is -1.96. The van der Waals surface area contributed by atoms with Crippen molar-refractivity contribution in [3.63, 3.8) is 0 Å². The van der Waals surface area contributed by atoms with E-state index in [0.29, 0.717) is 12.4 Å². The molecule has 106 valence electrons. The van der Waals surface area contributed by atoms with Crippen molar-refractivity contribution in [2.45, 2.75) is 33.6 Å². The minimum Gasteiger partial charge on any atom is -0.507 e. The molecule has 2 rings (SSSR count). The maximum absolute atomic E-state index is 10.0. The normalized spacial score (nSPS) is 10.6. The number of benzene rings is 2. The number of ether oxygens (including phenoxy) is 1. The molecule has 20 heavy (non-hydrogen) atoms. The monoisotopic (exact) mass is 270 g/mol. The van der Waals surface area contributed by atoms with Gasteiger partial charge in [-0.05, 0) is 56.9 Å². The van der Waals surface area contributed by atoms with Gasteiger partial charge in [-0.2, -0.15) is 0 Å². The van der Waals surface area contributed by atoms with Crippen LogP contribution in [-0.4, -0.2) is 11.7 Å². The molecule has 0 unspecified atom stereocenters. The Morgan fingerprint density at radius 2 is 1.65 bits per heavy atom. The standard InChI is InChI=1S/C18H22O2/c1-13-6-8-17(9-7-13)20-10-4-5-16-12-14(2)11-15(3)18(16)19/h6-9,11-12,19H,4-5,10H2,1-3H3. The van der Waals surface area contributed by atoms with Crippen LogP contribution in [0.25, 0.3) is 0 Å². The van der Waals surface area contributed by atoms with E-state index in [1.807, 2.05) is 43.3 Å². The summed E-state index contributed by atoms with van der Waals surface area (Å²) in [5.74, 6) is 1.33. The first-order valence-corrected chi connectivity index (χ1v) is 7.05. The lowest BCUT2D eigenvalue weighted by atomic mass is 10.0. The van der Waals surface area contributed by atoms with Gasteiger partial charge < -0.3 is 9.84 Å². The second kappa shape index (κ2) is 6.47. The molecule has 0 atom stereocenters. The van der Waals surface area contributed by atoms with E-state index >= 15 is 0 Å². The van der Waals surface area contributed by atoms with Crippen LogP contribution in [0.2, 0.25) is 0 Å². The maximum atomic E-state index is 10.0. The van der Waals surface area contributed by atoms with Gasteiger partial charge in [0.2, 0.25) is 0 Å². The van der Waals surface area contributed by atoms with Gasteiger partial charge in [-0.3, -0.25) is 0 Å². The smallest absolute Gasteiger partial charge is 0.121 e. The quantitative estimate of drug-likeness (QED) is 0.819. The van der Waals surface area contributed by atoms with E-state index in [1.165, 1.54) is 11.1 Å². The molecule has 0 saturated heterocycles. The lowest BCUT2D eigenvalue weighted by Gasteiger charge is -2.10. The van der Waals surface area contributed by atoms with Crippen LogP contribution in [0.1, 0.15) is 28.7 Å². The van der Waals surface area contributed by atoms with Crippen molar-refractivity contribution in [2.24, 2.45) is 0 Å². The Morgan fingerprint density at radius 3 is 2.35 bits per heavy atom. The van der Waals surface area contributed by atoms with Gasteiger partial charge in [-0.25, -0.2) is 0 Å². The van der Waals surface area contributed by atoms with Crippen molar-refractivity contribution in [3.8, 4) is 11.5 Å². The van der Waals surface area contributed by atoms with Gasteiger partial charge in [-0.1, -0.05) is 35.4 Å². The number of aryl methyl sites for hydroxylation is 4. The molecule has 0 amide bonds. The summed E-state index contributed by atoms with van der Waals surface area (Å²) in [4.78, 5) is 0. The SMILES string of the molecule is Cc1ccc(OCCCc2cc(C)cc(C)c2O)cc1. The molecule has 2 heteroatoms. The summed E-state index contributed by atoms with van der Waals surface area (Å²) in [5, 5.41) is 10.0. The first-order valence-electron chi connectivity index (χ1n) is 7.05. The van der Waals surface area contributed by atoms with Gasteiger partial charge in [0.1, 0.15) is 11.5 Å². The minimum absolute atomic E-state index is 0.422. The molecule has 0 saturated carbocycles. The number of hydrogen-bond donors (Lipinski definition) is 1. The Morgan fingerprint density at radius 1 is 0.950 bits per heavy atom. The van der Waals surface area contributed by atoms with E-state index in [0.717, 1.165) is 29.7 Å². The summed E-state index contributed by atoms with van der Waals surface area (Å²) < 4.78 is 5.70. The van der Waals surface area contributed by atoms with Gasteiger partial charge in [0.25, 0.3) is 0 Å². The fraction of sp³-hybridized carbons (Fsp3) is 0.333. The second-order valence-electron chi connectivity index (χ2n) is 5.35. The van der Waals surface area contributed by atoms with Crippen molar-refractivity contribution in [3.05, 3.63) is 58.7 Å². The third-order valence-corrected chi connectivity index (χ3v) is 3.40. The van der Waals surface area contributed by atoms with Gasteiger partial charge >= 0.3 is 0 Å². The minimum atomic E-state index is 0.422. The van der Waals surface area contributed by atoms with E-state index in [1.54, 1.807) is 0 Å². The third-order valence-electron chi connectivity index (χ3n) is 3.40. The summed E-state index contributed by atoms with van der Waals surface area (Å²) in [5.41, 5.74) is 4.38. The van der Waals surface area contributed by atoms with Crippen molar-refractivity contribution in [2.75, 3.05) is 6.61 Å². The topological polar surface area (TPSA) is 29.5 Å². The van der Waals surface area contributed by atoms with Crippen LogP contribution < -0.4 is 4.74 Å². The van der Waals surface area contributed by atoms with Gasteiger partial charge in [0.15, 0.2) is 0 Å². The molecule has 2 aromatic carbocycles. The van der Waals surface area contributed by atoms with Crippen LogP contribution in [0.5, 0.6) is 11.5 Å². The summed E-state index contributed by atoms with van der Waals surface area (Å²) in [7, 11) is 0. The molecule has 2 nitrogen and oxygen atoms in total. The summed E-state index contributed by atoms with van der Waals surface area (Å²) in [6.45, 7) is 6.72. The fourth-order valence-electron chi connectivity index (χ4n) is 2.33. The van der Waals surface area contributed by atoms with Crippen molar-refractivity contribution in [1.82, 2.24) is 0 Å². The molecule has 0 aliphatic heterocycles.